The van der Waals surface area contributed by atoms with Gasteiger partial charge in [0.1, 0.15) is 5.69 Å². The lowest BCUT2D eigenvalue weighted by Gasteiger charge is -2.07. The van der Waals surface area contributed by atoms with Crippen LogP contribution in [0.25, 0.3) is 11.3 Å². The number of anilines is 1. The van der Waals surface area contributed by atoms with Crippen LogP contribution < -0.4 is 10.6 Å². The molecule has 2 aromatic carbocycles. The van der Waals surface area contributed by atoms with Gasteiger partial charge < -0.3 is 10.6 Å². The first-order chi connectivity index (χ1) is 13.1. The van der Waals surface area contributed by atoms with Crippen LogP contribution in [0, 0.1) is 6.92 Å². The summed E-state index contributed by atoms with van der Waals surface area (Å²) in [5, 5.41) is 12.6. The number of hydrogen-bond donors (Lipinski definition) is 3. The highest BCUT2D eigenvalue weighted by Gasteiger charge is 2.12. The van der Waals surface area contributed by atoms with Crippen molar-refractivity contribution in [2.75, 3.05) is 11.9 Å². The Bertz CT molecular complexity index is 945. The zero-order chi connectivity index (χ0) is 19.2. The highest BCUT2D eigenvalue weighted by molar-refractivity contribution is 6.04. The molecule has 0 saturated carbocycles. The van der Waals surface area contributed by atoms with Crippen molar-refractivity contribution in [3.63, 3.8) is 0 Å². The van der Waals surface area contributed by atoms with Gasteiger partial charge >= 0.3 is 0 Å². The van der Waals surface area contributed by atoms with Crippen molar-refractivity contribution in [2.45, 2.75) is 20.3 Å². The predicted octanol–water partition coefficient (Wildman–Crippen LogP) is 3.78. The Morgan fingerprint density at radius 3 is 2.56 bits per heavy atom. The van der Waals surface area contributed by atoms with E-state index in [0.717, 1.165) is 17.5 Å². The minimum absolute atomic E-state index is 0.156. The number of aryl methyl sites for hydroxylation is 1. The van der Waals surface area contributed by atoms with Crippen molar-refractivity contribution in [3.05, 3.63) is 71.4 Å². The van der Waals surface area contributed by atoms with Crippen LogP contribution in [-0.4, -0.2) is 28.6 Å². The lowest BCUT2D eigenvalue weighted by molar-refractivity contribution is 0.0952. The normalized spacial score (nSPS) is 10.4. The van der Waals surface area contributed by atoms with Gasteiger partial charge in [0.15, 0.2) is 0 Å². The van der Waals surface area contributed by atoms with E-state index in [-0.39, 0.29) is 11.8 Å². The van der Waals surface area contributed by atoms with E-state index >= 15 is 0 Å². The van der Waals surface area contributed by atoms with Crippen molar-refractivity contribution in [1.82, 2.24) is 15.5 Å². The molecule has 2 amide bonds. The predicted molar refractivity (Wildman–Crippen MR) is 106 cm³/mol. The Labute approximate surface area is 158 Å². The van der Waals surface area contributed by atoms with Crippen LogP contribution in [0.3, 0.4) is 0 Å². The summed E-state index contributed by atoms with van der Waals surface area (Å²) in [6, 6.07) is 16.5. The van der Waals surface area contributed by atoms with E-state index in [1.54, 1.807) is 30.3 Å². The number of rotatable bonds is 6. The first-order valence-corrected chi connectivity index (χ1v) is 8.89. The van der Waals surface area contributed by atoms with Crippen LogP contribution in [0.15, 0.2) is 54.6 Å². The van der Waals surface area contributed by atoms with Gasteiger partial charge in [-0.3, -0.25) is 14.7 Å². The third-order valence-corrected chi connectivity index (χ3v) is 4.09. The van der Waals surface area contributed by atoms with E-state index in [0.29, 0.717) is 29.2 Å². The van der Waals surface area contributed by atoms with Crippen LogP contribution in [0.5, 0.6) is 0 Å². The number of nitrogens with one attached hydrogen (secondary N) is 3. The quantitative estimate of drug-likeness (QED) is 0.624. The Morgan fingerprint density at radius 2 is 1.81 bits per heavy atom. The molecule has 0 bridgehead atoms. The van der Waals surface area contributed by atoms with Gasteiger partial charge in [0.2, 0.25) is 0 Å². The fourth-order valence-electron chi connectivity index (χ4n) is 2.59. The molecule has 0 fully saturated rings. The minimum atomic E-state index is -0.313. The monoisotopic (exact) mass is 362 g/mol. The molecule has 6 heteroatoms. The summed E-state index contributed by atoms with van der Waals surface area (Å²) in [5.74, 6) is -0.469. The van der Waals surface area contributed by atoms with E-state index in [9.17, 15) is 9.59 Å². The maximum absolute atomic E-state index is 12.5. The van der Waals surface area contributed by atoms with Crippen LogP contribution in [0.2, 0.25) is 0 Å². The summed E-state index contributed by atoms with van der Waals surface area (Å²) in [4.78, 5) is 24.5. The molecule has 0 aliphatic rings. The summed E-state index contributed by atoms with van der Waals surface area (Å²) in [6.45, 7) is 4.63. The number of H-pyrrole nitrogens is 1. The SMILES string of the molecule is CCCNC(=O)c1cccc(NC(=O)c2cc(-c3ccc(C)cc3)n[nH]2)c1. The summed E-state index contributed by atoms with van der Waals surface area (Å²) >= 11 is 0. The second-order valence-corrected chi connectivity index (χ2v) is 6.32. The lowest BCUT2D eigenvalue weighted by atomic mass is 10.1. The first-order valence-electron chi connectivity index (χ1n) is 8.89. The molecule has 3 aromatic rings. The number of nitrogens with zero attached hydrogens (tertiary/aromatic N) is 1. The molecule has 3 N–H and O–H groups in total. The molecule has 0 radical (unpaired) electrons. The van der Waals surface area contributed by atoms with Crippen LogP contribution in [0.4, 0.5) is 5.69 Å². The molecule has 0 saturated heterocycles. The van der Waals surface area contributed by atoms with Gasteiger partial charge in [-0.15, -0.1) is 0 Å². The van der Waals surface area contributed by atoms with Crippen molar-refractivity contribution in [3.8, 4) is 11.3 Å². The van der Waals surface area contributed by atoms with Gasteiger partial charge in [-0.1, -0.05) is 42.8 Å². The molecule has 0 aliphatic heterocycles. The standard InChI is InChI=1S/C21H22N4O2/c1-3-11-22-20(26)16-5-4-6-17(12-16)23-21(27)19-13-18(24-25-19)15-9-7-14(2)8-10-15/h4-10,12-13H,3,11H2,1-2H3,(H,22,26)(H,23,27)(H,24,25). The van der Waals surface area contributed by atoms with E-state index in [2.05, 4.69) is 20.8 Å². The molecule has 0 atom stereocenters. The smallest absolute Gasteiger partial charge is 0.273 e. The van der Waals surface area contributed by atoms with Crippen molar-refractivity contribution >= 4 is 17.5 Å². The molecule has 138 valence electrons. The second kappa shape index (κ2) is 8.31. The van der Waals surface area contributed by atoms with Gasteiger partial charge in [0.25, 0.3) is 11.8 Å². The number of amides is 2. The second-order valence-electron chi connectivity index (χ2n) is 6.32. The molecule has 0 spiro atoms. The van der Waals surface area contributed by atoms with Gasteiger partial charge in [-0.05, 0) is 37.6 Å². The number of carbonyl (C=O) groups is 2. The molecular weight excluding hydrogens is 340 g/mol. The Hall–Kier alpha value is -3.41. The number of carbonyl (C=O) groups excluding carboxylic acids is 2. The highest BCUT2D eigenvalue weighted by Crippen LogP contribution is 2.19. The fraction of sp³-hybridized carbons (Fsp3) is 0.190. The highest BCUT2D eigenvalue weighted by atomic mass is 16.2. The third-order valence-electron chi connectivity index (χ3n) is 4.09. The molecular formula is C21H22N4O2. The fourth-order valence-corrected chi connectivity index (χ4v) is 2.59. The largest absolute Gasteiger partial charge is 0.352 e. The maximum Gasteiger partial charge on any atom is 0.273 e. The zero-order valence-electron chi connectivity index (χ0n) is 15.4. The number of aromatic amines is 1. The van der Waals surface area contributed by atoms with E-state index in [1.165, 1.54) is 0 Å². The van der Waals surface area contributed by atoms with E-state index < -0.39 is 0 Å². The number of benzene rings is 2. The molecule has 1 aromatic heterocycles. The summed E-state index contributed by atoms with van der Waals surface area (Å²) in [6.07, 6.45) is 0.866. The molecule has 0 unspecified atom stereocenters. The summed E-state index contributed by atoms with van der Waals surface area (Å²) < 4.78 is 0. The van der Waals surface area contributed by atoms with Crippen molar-refractivity contribution in [2.24, 2.45) is 0 Å². The molecule has 3 rings (SSSR count). The third kappa shape index (κ3) is 4.61. The van der Waals surface area contributed by atoms with E-state index in [1.807, 2.05) is 38.1 Å². The van der Waals surface area contributed by atoms with Crippen molar-refractivity contribution in [1.29, 1.82) is 0 Å². The van der Waals surface area contributed by atoms with E-state index in [4.69, 9.17) is 0 Å². The summed E-state index contributed by atoms with van der Waals surface area (Å²) in [7, 11) is 0. The zero-order valence-corrected chi connectivity index (χ0v) is 15.4. The van der Waals surface area contributed by atoms with Crippen LogP contribution in [-0.2, 0) is 0 Å². The Balaban J connectivity index is 1.71. The first kappa shape index (κ1) is 18.4. The molecule has 1 heterocycles. The topological polar surface area (TPSA) is 86.9 Å². The van der Waals surface area contributed by atoms with Crippen LogP contribution in [0.1, 0.15) is 39.8 Å². The lowest BCUT2D eigenvalue weighted by Crippen LogP contribution is -2.24. The Kier molecular flexibility index (Phi) is 5.66. The number of aromatic nitrogens is 2. The molecule has 6 nitrogen and oxygen atoms in total. The average Bonchev–Trinajstić information content (AvgIpc) is 3.17. The van der Waals surface area contributed by atoms with Gasteiger partial charge in [-0.2, -0.15) is 5.10 Å². The average molecular weight is 362 g/mol. The minimum Gasteiger partial charge on any atom is -0.352 e. The molecule has 27 heavy (non-hydrogen) atoms. The van der Waals surface area contributed by atoms with Gasteiger partial charge in [0, 0.05) is 23.4 Å². The molecule has 0 aliphatic carbocycles. The van der Waals surface area contributed by atoms with Crippen molar-refractivity contribution < 1.29 is 9.59 Å². The summed E-state index contributed by atoms with van der Waals surface area (Å²) in [5.41, 5.74) is 4.21. The van der Waals surface area contributed by atoms with Crippen LogP contribution >= 0.6 is 0 Å². The maximum atomic E-state index is 12.5. The Morgan fingerprint density at radius 1 is 1.04 bits per heavy atom. The van der Waals surface area contributed by atoms with Gasteiger partial charge in [-0.25, -0.2) is 0 Å². The van der Waals surface area contributed by atoms with Gasteiger partial charge in [0.05, 0.1) is 5.69 Å². The number of hydrogen-bond acceptors (Lipinski definition) is 3.